The molecular formula is C8H14N. The average molecular weight is 124 g/mol. The van der Waals surface area contributed by atoms with Crippen LogP contribution >= 0.6 is 0 Å². The Morgan fingerprint density at radius 2 is 1.89 bits per heavy atom. The highest BCUT2D eigenvalue weighted by molar-refractivity contribution is 4.89. The lowest BCUT2D eigenvalue weighted by atomic mass is 9.93. The molecule has 2 fully saturated rings. The molecule has 51 valence electrons. The van der Waals surface area contributed by atoms with E-state index in [1.165, 1.54) is 32.1 Å². The van der Waals surface area contributed by atoms with Crippen molar-refractivity contribution in [3.05, 3.63) is 6.54 Å². The predicted octanol–water partition coefficient (Wildman–Crippen LogP) is 1.70. The second kappa shape index (κ2) is 2.30. The number of hydrogen-bond donors (Lipinski definition) is 1. The zero-order valence-corrected chi connectivity index (χ0v) is 5.77. The minimum Gasteiger partial charge on any atom is -0.309 e. The van der Waals surface area contributed by atoms with Gasteiger partial charge in [-0.2, -0.15) is 0 Å². The molecule has 0 unspecified atom stereocenters. The van der Waals surface area contributed by atoms with Gasteiger partial charge in [0.25, 0.3) is 0 Å². The molecule has 0 saturated heterocycles. The van der Waals surface area contributed by atoms with E-state index in [0.717, 1.165) is 12.0 Å². The van der Waals surface area contributed by atoms with Crippen molar-refractivity contribution >= 4 is 0 Å². The summed E-state index contributed by atoms with van der Waals surface area (Å²) >= 11 is 0. The quantitative estimate of drug-likeness (QED) is 0.604. The van der Waals surface area contributed by atoms with Gasteiger partial charge in [-0.25, -0.2) is 0 Å². The van der Waals surface area contributed by atoms with Crippen LogP contribution < -0.4 is 5.32 Å². The van der Waals surface area contributed by atoms with Crippen LogP contribution in [0.3, 0.4) is 0 Å². The molecule has 0 aromatic heterocycles. The van der Waals surface area contributed by atoms with Crippen molar-refractivity contribution in [1.29, 1.82) is 0 Å². The van der Waals surface area contributed by atoms with E-state index < -0.39 is 0 Å². The molecule has 2 aliphatic rings. The molecule has 0 atom stereocenters. The van der Waals surface area contributed by atoms with Crippen LogP contribution in [0.1, 0.15) is 32.1 Å². The van der Waals surface area contributed by atoms with Gasteiger partial charge < -0.3 is 5.32 Å². The van der Waals surface area contributed by atoms with Crippen LogP contribution in [-0.2, 0) is 0 Å². The Morgan fingerprint density at radius 3 is 2.33 bits per heavy atom. The first-order chi connectivity index (χ1) is 4.45. The lowest BCUT2D eigenvalue weighted by molar-refractivity contribution is 0.356. The van der Waals surface area contributed by atoms with E-state index in [9.17, 15) is 0 Å². The Morgan fingerprint density at radius 1 is 1.11 bits per heavy atom. The largest absolute Gasteiger partial charge is 0.309 e. The lowest BCUT2D eigenvalue weighted by Gasteiger charge is -2.26. The normalized spacial score (nSPS) is 28.0. The van der Waals surface area contributed by atoms with Gasteiger partial charge >= 0.3 is 0 Å². The third-order valence-corrected chi connectivity index (χ3v) is 2.29. The maximum absolute atomic E-state index is 3.46. The molecule has 2 rings (SSSR count). The second-order valence-electron chi connectivity index (χ2n) is 3.30. The van der Waals surface area contributed by atoms with E-state index in [0.29, 0.717) is 0 Å². The lowest BCUT2D eigenvalue weighted by Crippen LogP contribution is -2.33. The Kier molecular flexibility index (Phi) is 1.46. The van der Waals surface area contributed by atoms with Crippen molar-refractivity contribution in [3.8, 4) is 0 Å². The van der Waals surface area contributed by atoms with E-state index in [1.54, 1.807) is 0 Å². The van der Waals surface area contributed by atoms with E-state index in [-0.39, 0.29) is 0 Å². The minimum atomic E-state index is 0.852. The van der Waals surface area contributed by atoms with Gasteiger partial charge in [0.15, 0.2) is 0 Å². The van der Waals surface area contributed by atoms with Crippen LogP contribution in [0.5, 0.6) is 0 Å². The highest BCUT2D eigenvalue weighted by Gasteiger charge is 2.24. The van der Waals surface area contributed by atoms with E-state index >= 15 is 0 Å². The van der Waals surface area contributed by atoms with Crippen LogP contribution in [0.15, 0.2) is 0 Å². The zero-order valence-electron chi connectivity index (χ0n) is 5.77. The molecule has 1 nitrogen and oxygen atoms in total. The van der Waals surface area contributed by atoms with Crippen molar-refractivity contribution in [2.45, 2.75) is 38.1 Å². The number of rotatable bonds is 3. The van der Waals surface area contributed by atoms with Gasteiger partial charge in [0, 0.05) is 12.6 Å². The van der Waals surface area contributed by atoms with Crippen molar-refractivity contribution in [3.63, 3.8) is 0 Å². The summed E-state index contributed by atoms with van der Waals surface area (Å²) in [5, 5.41) is 3.46. The van der Waals surface area contributed by atoms with Crippen molar-refractivity contribution in [1.82, 2.24) is 5.32 Å². The summed E-state index contributed by atoms with van der Waals surface area (Å²) in [4.78, 5) is 0. The second-order valence-corrected chi connectivity index (χ2v) is 3.30. The SMILES string of the molecule is [CH](NC1CCC1)C1CC1. The van der Waals surface area contributed by atoms with Gasteiger partial charge in [-0.3, -0.25) is 0 Å². The van der Waals surface area contributed by atoms with Crippen LogP contribution in [-0.4, -0.2) is 6.04 Å². The zero-order chi connectivity index (χ0) is 6.10. The van der Waals surface area contributed by atoms with E-state index in [4.69, 9.17) is 0 Å². The molecule has 2 saturated carbocycles. The maximum atomic E-state index is 3.46. The van der Waals surface area contributed by atoms with Crippen LogP contribution in [0.2, 0.25) is 0 Å². The fourth-order valence-electron chi connectivity index (χ4n) is 1.11. The summed E-state index contributed by atoms with van der Waals surface area (Å²) in [6.45, 7) is 2.31. The van der Waals surface area contributed by atoms with Gasteiger partial charge in [0.2, 0.25) is 0 Å². The molecule has 1 heteroatoms. The summed E-state index contributed by atoms with van der Waals surface area (Å²) in [5.41, 5.74) is 0. The summed E-state index contributed by atoms with van der Waals surface area (Å²) in [7, 11) is 0. The van der Waals surface area contributed by atoms with Gasteiger partial charge in [-0.1, -0.05) is 6.42 Å². The topological polar surface area (TPSA) is 12.0 Å². The molecule has 0 amide bonds. The predicted molar refractivity (Wildman–Crippen MR) is 37.8 cm³/mol. The molecule has 0 spiro atoms. The molecule has 9 heavy (non-hydrogen) atoms. The maximum Gasteiger partial charge on any atom is 0.0254 e. The average Bonchev–Trinajstić information content (AvgIpc) is 2.44. The first kappa shape index (κ1) is 5.72. The van der Waals surface area contributed by atoms with Gasteiger partial charge in [0.05, 0.1) is 0 Å². The first-order valence-corrected chi connectivity index (χ1v) is 4.04. The smallest absolute Gasteiger partial charge is 0.0254 e. The Hall–Kier alpha value is -0.0400. The first-order valence-electron chi connectivity index (χ1n) is 4.04. The molecule has 0 aromatic carbocycles. The van der Waals surface area contributed by atoms with Gasteiger partial charge in [-0.05, 0) is 31.6 Å². The molecular weight excluding hydrogens is 110 g/mol. The summed E-state index contributed by atoms with van der Waals surface area (Å²) in [5.74, 6) is 0.936. The third kappa shape index (κ3) is 1.45. The molecule has 2 aliphatic carbocycles. The number of nitrogens with one attached hydrogen (secondary N) is 1. The molecule has 0 aromatic rings. The van der Waals surface area contributed by atoms with Crippen molar-refractivity contribution < 1.29 is 0 Å². The summed E-state index contributed by atoms with van der Waals surface area (Å²) in [6.07, 6.45) is 7.11. The van der Waals surface area contributed by atoms with Crippen molar-refractivity contribution in [2.24, 2.45) is 5.92 Å². The molecule has 1 radical (unpaired) electrons. The minimum absolute atomic E-state index is 0.852. The Labute approximate surface area is 56.8 Å². The van der Waals surface area contributed by atoms with Crippen molar-refractivity contribution in [2.75, 3.05) is 0 Å². The summed E-state index contributed by atoms with van der Waals surface area (Å²) < 4.78 is 0. The highest BCUT2D eigenvalue weighted by atomic mass is 14.9. The van der Waals surface area contributed by atoms with Crippen LogP contribution in [0.25, 0.3) is 0 Å². The van der Waals surface area contributed by atoms with E-state index in [1.807, 2.05) is 0 Å². The Balaban J connectivity index is 1.55. The van der Waals surface area contributed by atoms with Crippen LogP contribution in [0.4, 0.5) is 0 Å². The van der Waals surface area contributed by atoms with E-state index in [2.05, 4.69) is 11.9 Å². The monoisotopic (exact) mass is 124 g/mol. The number of hydrogen-bond acceptors (Lipinski definition) is 1. The van der Waals surface area contributed by atoms with Crippen LogP contribution in [0, 0.1) is 12.5 Å². The Bertz CT molecular complexity index is 92.7. The molecule has 0 bridgehead atoms. The van der Waals surface area contributed by atoms with Gasteiger partial charge in [0.1, 0.15) is 0 Å². The molecule has 1 N–H and O–H groups in total. The highest BCUT2D eigenvalue weighted by Crippen LogP contribution is 2.31. The van der Waals surface area contributed by atoms with Gasteiger partial charge in [-0.15, -0.1) is 0 Å². The standard InChI is InChI=1S/C8H14N/c1-2-8(3-1)9-6-7-4-5-7/h6-9H,1-5H2. The fourth-order valence-corrected chi connectivity index (χ4v) is 1.11. The molecule has 0 heterocycles. The third-order valence-electron chi connectivity index (χ3n) is 2.29. The fraction of sp³-hybridized carbons (Fsp3) is 0.875. The molecule has 0 aliphatic heterocycles. The summed E-state index contributed by atoms with van der Waals surface area (Å²) in [6, 6.07) is 0.852.